The van der Waals surface area contributed by atoms with E-state index in [4.69, 9.17) is 4.74 Å². The van der Waals surface area contributed by atoms with Crippen LogP contribution in [-0.4, -0.2) is 63.1 Å². The minimum absolute atomic E-state index is 0. The topological polar surface area (TPSA) is 40.1 Å². The Kier molecular flexibility index (Phi) is 11.0. The summed E-state index contributed by atoms with van der Waals surface area (Å²) < 4.78 is 5.21. The molecule has 1 aromatic rings. The van der Waals surface area contributed by atoms with Gasteiger partial charge in [-0.15, -0.1) is 24.0 Å². The maximum atomic E-state index is 5.21. The first kappa shape index (κ1) is 23.0. The van der Waals surface area contributed by atoms with Crippen molar-refractivity contribution in [1.82, 2.24) is 15.1 Å². The second-order valence-electron chi connectivity index (χ2n) is 7.06. The molecule has 0 bridgehead atoms. The molecule has 5 nitrogen and oxygen atoms in total. The average molecular weight is 474 g/mol. The highest BCUT2D eigenvalue weighted by atomic mass is 127. The molecule has 1 heterocycles. The number of halogens is 1. The van der Waals surface area contributed by atoms with Gasteiger partial charge in [-0.25, -0.2) is 0 Å². The van der Waals surface area contributed by atoms with E-state index in [2.05, 4.69) is 46.2 Å². The number of ether oxygens (including phenoxy) is 1. The lowest BCUT2D eigenvalue weighted by atomic mass is 9.99. The summed E-state index contributed by atoms with van der Waals surface area (Å²) in [5.74, 6) is 2.74. The van der Waals surface area contributed by atoms with Gasteiger partial charge in [0.1, 0.15) is 5.75 Å². The molecule has 1 N–H and O–H groups in total. The number of hydrogen-bond acceptors (Lipinski definition) is 3. The van der Waals surface area contributed by atoms with E-state index in [1.54, 1.807) is 7.11 Å². The molecule has 0 aromatic heterocycles. The summed E-state index contributed by atoms with van der Waals surface area (Å²) in [6, 6.07) is 8.19. The van der Waals surface area contributed by atoms with E-state index in [-0.39, 0.29) is 24.0 Å². The summed E-state index contributed by atoms with van der Waals surface area (Å²) in [5.41, 5.74) is 1.24. The van der Waals surface area contributed by atoms with Crippen molar-refractivity contribution in [3.8, 4) is 5.75 Å². The van der Waals surface area contributed by atoms with Crippen molar-refractivity contribution in [2.45, 2.75) is 32.7 Å². The van der Waals surface area contributed by atoms with Crippen LogP contribution < -0.4 is 10.1 Å². The van der Waals surface area contributed by atoms with Crippen LogP contribution in [0.15, 0.2) is 29.3 Å². The Hall–Kier alpha value is -1.02. The lowest BCUT2D eigenvalue weighted by Crippen LogP contribution is -2.40. The Morgan fingerprint density at radius 1 is 1.27 bits per heavy atom. The van der Waals surface area contributed by atoms with E-state index in [1.165, 1.54) is 38.0 Å². The first-order chi connectivity index (χ1) is 12.1. The summed E-state index contributed by atoms with van der Waals surface area (Å²) in [5, 5.41) is 3.48. The predicted octanol–water partition coefficient (Wildman–Crippen LogP) is 3.44. The molecule has 1 saturated heterocycles. The van der Waals surface area contributed by atoms with E-state index >= 15 is 0 Å². The summed E-state index contributed by atoms with van der Waals surface area (Å²) >= 11 is 0. The largest absolute Gasteiger partial charge is 0.497 e. The highest BCUT2D eigenvalue weighted by Crippen LogP contribution is 2.15. The maximum absolute atomic E-state index is 5.21. The molecule has 1 aromatic carbocycles. The molecule has 148 valence electrons. The zero-order chi connectivity index (χ0) is 18.1. The number of hydrogen-bond donors (Lipinski definition) is 1. The van der Waals surface area contributed by atoms with Crippen LogP contribution in [0.5, 0.6) is 5.75 Å². The molecule has 6 heteroatoms. The molecule has 0 amide bonds. The molecule has 0 spiro atoms. The van der Waals surface area contributed by atoms with Gasteiger partial charge < -0.3 is 19.9 Å². The van der Waals surface area contributed by atoms with Crippen molar-refractivity contribution < 1.29 is 4.74 Å². The number of guanidine groups is 1. The fourth-order valence-corrected chi connectivity index (χ4v) is 3.25. The third kappa shape index (κ3) is 7.70. The van der Waals surface area contributed by atoms with Crippen LogP contribution >= 0.6 is 24.0 Å². The summed E-state index contributed by atoms with van der Waals surface area (Å²) in [6.07, 6.45) is 3.85. The molecule has 1 aliphatic rings. The van der Waals surface area contributed by atoms with Crippen molar-refractivity contribution in [3.05, 3.63) is 29.8 Å². The van der Waals surface area contributed by atoms with Crippen molar-refractivity contribution in [3.63, 3.8) is 0 Å². The van der Waals surface area contributed by atoms with Gasteiger partial charge >= 0.3 is 0 Å². The molecule has 1 fully saturated rings. The molecule has 0 unspecified atom stereocenters. The second-order valence-corrected chi connectivity index (χ2v) is 7.06. The first-order valence-corrected chi connectivity index (χ1v) is 9.39. The highest BCUT2D eigenvalue weighted by molar-refractivity contribution is 14.0. The fraction of sp³-hybridized carbons (Fsp3) is 0.650. The fourth-order valence-electron chi connectivity index (χ4n) is 3.25. The Morgan fingerprint density at radius 3 is 2.50 bits per heavy atom. The molecule has 0 saturated carbocycles. The number of rotatable bonds is 7. The number of methoxy groups -OCH3 is 1. The normalized spacial score (nSPS) is 16.1. The number of aliphatic imine (C=N–C) groups is 1. The van der Waals surface area contributed by atoms with Gasteiger partial charge in [0.25, 0.3) is 0 Å². The quantitative estimate of drug-likeness (QED) is 0.285. The van der Waals surface area contributed by atoms with E-state index in [0.29, 0.717) is 0 Å². The van der Waals surface area contributed by atoms with Gasteiger partial charge in [0.2, 0.25) is 0 Å². The number of likely N-dealkylation sites (tertiary alicyclic amines) is 1. The third-order valence-corrected chi connectivity index (χ3v) is 4.96. The number of benzene rings is 1. The first-order valence-electron chi connectivity index (χ1n) is 9.39. The van der Waals surface area contributed by atoms with Gasteiger partial charge in [0, 0.05) is 27.2 Å². The zero-order valence-corrected chi connectivity index (χ0v) is 19.0. The number of nitrogens with one attached hydrogen (secondary N) is 1. The second kappa shape index (κ2) is 12.4. The van der Waals surface area contributed by atoms with E-state index in [0.717, 1.165) is 37.1 Å². The number of nitrogens with zero attached hydrogens (tertiary/aromatic N) is 3. The van der Waals surface area contributed by atoms with Crippen LogP contribution in [0.1, 0.15) is 31.7 Å². The van der Waals surface area contributed by atoms with Crippen LogP contribution in [0, 0.1) is 5.92 Å². The predicted molar refractivity (Wildman–Crippen MR) is 121 cm³/mol. The lowest BCUT2D eigenvalue weighted by molar-refractivity contribution is 0.191. The van der Waals surface area contributed by atoms with E-state index in [1.807, 2.05) is 19.2 Å². The summed E-state index contributed by atoms with van der Waals surface area (Å²) in [4.78, 5) is 9.15. The Labute approximate surface area is 176 Å². The zero-order valence-electron chi connectivity index (χ0n) is 16.7. The monoisotopic (exact) mass is 474 g/mol. The van der Waals surface area contributed by atoms with Gasteiger partial charge in [0.15, 0.2) is 5.96 Å². The molecule has 0 atom stereocenters. The minimum Gasteiger partial charge on any atom is -0.497 e. The van der Waals surface area contributed by atoms with Gasteiger partial charge in [-0.05, 0) is 62.5 Å². The molecule has 2 rings (SSSR count). The number of piperidine rings is 1. The Morgan fingerprint density at radius 2 is 1.92 bits per heavy atom. The Balaban J connectivity index is 0.00000338. The van der Waals surface area contributed by atoms with Crippen LogP contribution in [0.4, 0.5) is 0 Å². The van der Waals surface area contributed by atoms with Gasteiger partial charge in [-0.3, -0.25) is 4.99 Å². The average Bonchev–Trinajstić information content (AvgIpc) is 2.64. The molecule has 0 aliphatic carbocycles. The summed E-state index contributed by atoms with van der Waals surface area (Å²) in [7, 11) is 5.61. The molecule has 1 aliphatic heterocycles. The summed E-state index contributed by atoms with van der Waals surface area (Å²) in [6.45, 7) is 7.85. The van der Waals surface area contributed by atoms with Crippen LogP contribution in [0.25, 0.3) is 0 Å². The van der Waals surface area contributed by atoms with E-state index in [9.17, 15) is 0 Å². The molecule has 26 heavy (non-hydrogen) atoms. The van der Waals surface area contributed by atoms with Gasteiger partial charge in [-0.2, -0.15) is 0 Å². The van der Waals surface area contributed by atoms with Crippen LogP contribution in [0.3, 0.4) is 0 Å². The Bertz CT molecular complexity index is 527. The molecular weight excluding hydrogens is 439 g/mol. The van der Waals surface area contributed by atoms with Crippen molar-refractivity contribution in [2.75, 3.05) is 47.4 Å². The molecule has 0 radical (unpaired) electrons. The maximum Gasteiger partial charge on any atom is 0.193 e. The third-order valence-electron chi connectivity index (χ3n) is 4.96. The van der Waals surface area contributed by atoms with Crippen molar-refractivity contribution in [1.29, 1.82) is 0 Å². The van der Waals surface area contributed by atoms with Crippen LogP contribution in [0.2, 0.25) is 0 Å². The SMILES string of the molecule is CN=C(NCCCN1CCC(C)CC1)N(C)Cc1ccc(OC)cc1.I. The standard InChI is InChI=1S/C20H34N4O.HI/c1-17-10-14-24(15-11-17)13-5-12-22-20(21-2)23(3)16-18-6-8-19(25-4)9-7-18;/h6-9,17H,5,10-16H2,1-4H3,(H,21,22);1H. The smallest absolute Gasteiger partial charge is 0.193 e. The minimum atomic E-state index is 0. The highest BCUT2D eigenvalue weighted by Gasteiger charge is 2.15. The lowest BCUT2D eigenvalue weighted by Gasteiger charge is -2.30. The van der Waals surface area contributed by atoms with Crippen molar-refractivity contribution in [2.24, 2.45) is 10.9 Å². The van der Waals surface area contributed by atoms with Gasteiger partial charge in [-0.1, -0.05) is 19.1 Å². The van der Waals surface area contributed by atoms with Crippen LogP contribution in [-0.2, 0) is 6.54 Å². The van der Waals surface area contributed by atoms with Crippen molar-refractivity contribution >= 4 is 29.9 Å². The van der Waals surface area contributed by atoms with E-state index < -0.39 is 0 Å². The van der Waals surface area contributed by atoms with Gasteiger partial charge in [0.05, 0.1) is 7.11 Å². The molecular formula is C20H35IN4O.